The molecule has 2 heteroatoms. The van der Waals surface area contributed by atoms with Crippen molar-refractivity contribution in [3.05, 3.63) is 53.6 Å². The molecule has 0 amide bonds. The number of hydrogen-bond donors (Lipinski definition) is 1. The molecule has 0 fully saturated rings. The quantitative estimate of drug-likeness (QED) is 0.792. The van der Waals surface area contributed by atoms with Crippen molar-refractivity contribution in [3.63, 3.8) is 0 Å². The van der Waals surface area contributed by atoms with Crippen LogP contribution in [-0.2, 0) is 5.41 Å². The Balaban J connectivity index is 2.39. The first-order valence-electron chi connectivity index (χ1n) is 6.51. The molecule has 2 rings (SSSR count). The number of aryl methyl sites for hydroxylation is 1. The molecule has 0 radical (unpaired) electrons. The van der Waals surface area contributed by atoms with Gasteiger partial charge in [0, 0.05) is 5.56 Å². The van der Waals surface area contributed by atoms with Gasteiger partial charge in [-0.15, -0.1) is 0 Å². The highest BCUT2D eigenvalue weighted by molar-refractivity contribution is 5.56. The second kappa shape index (κ2) is 4.96. The minimum Gasteiger partial charge on any atom is -0.455 e. The number of para-hydroxylation sites is 1. The smallest absolute Gasteiger partial charge is 0.150 e. The van der Waals surface area contributed by atoms with Crippen LogP contribution < -0.4 is 10.5 Å². The Morgan fingerprint density at radius 1 is 0.947 bits per heavy atom. The van der Waals surface area contributed by atoms with Crippen molar-refractivity contribution < 1.29 is 4.74 Å². The molecule has 0 heterocycles. The van der Waals surface area contributed by atoms with Crippen LogP contribution in [0.2, 0.25) is 0 Å². The van der Waals surface area contributed by atoms with Gasteiger partial charge in [-0.3, -0.25) is 0 Å². The Kier molecular flexibility index (Phi) is 3.52. The molecule has 0 aliphatic heterocycles. The van der Waals surface area contributed by atoms with Gasteiger partial charge in [0.05, 0.1) is 5.69 Å². The van der Waals surface area contributed by atoms with Crippen LogP contribution in [0.15, 0.2) is 42.5 Å². The van der Waals surface area contributed by atoms with E-state index in [0.717, 1.165) is 11.3 Å². The van der Waals surface area contributed by atoms with Gasteiger partial charge in [0.15, 0.2) is 0 Å². The van der Waals surface area contributed by atoms with Crippen molar-refractivity contribution >= 4 is 5.69 Å². The van der Waals surface area contributed by atoms with Gasteiger partial charge in [0.1, 0.15) is 11.5 Å². The summed E-state index contributed by atoms with van der Waals surface area (Å²) in [6.45, 7) is 8.54. The van der Waals surface area contributed by atoms with Crippen molar-refractivity contribution in [2.45, 2.75) is 33.1 Å². The van der Waals surface area contributed by atoms with Crippen molar-refractivity contribution in [3.8, 4) is 11.5 Å². The lowest BCUT2D eigenvalue weighted by Crippen LogP contribution is -2.12. The second-order valence-electron chi connectivity index (χ2n) is 5.89. The Hall–Kier alpha value is -1.96. The number of rotatable bonds is 2. The maximum Gasteiger partial charge on any atom is 0.150 e. The maximum absolute atomic E-state index is 6.00. The van der Waals surface area contributed by atoms with Gasteiger partial charge >= 0.3 is 0 Å². The van der Waals surface area contributed by atoms with Crippen LogP contribution in [-0.4, -0.2) is 0 Å². The number of hydrogen-bond acceptors (Lipinski definition) is 2. The maximum atomic E-state index is 6.00. The topological polar surface area (TPSA) is 35.2 Å². The fourth-order valence-electron chi connectivity index (χ4n) is 2.05. The van der Waals surface area contributed by atoms with E-state index < -0.39 is 0 Å². The van der Waals surface area contributed by atoms with Gasteiger partial charge in [-0.25, -0.2) is 0 Å². The van der Waals surface area contributed by atoms with Crippen LogP contribution in [0.4, 0.5) is 5.69 Å². The second-order valence-corrected chi connectivity index (χ2v) is 5.89. The van der Waals surface area contributed by atoms with Gasteiger partial charge < -0.3 is 10.5 Å². The number of benzene rings is 2. The van der Waals surface area contributed by atoms with Gasteiger partial charge in [0.2, 0.25) is 0 Å². The summed E-state index contributed by atoms with van der Waals surface area (Å²) in [6, 6.07) is 13.9. The number of ether oxygens (including phenoxy) is 1. The minimum atomic E-state index is 0.0378. The lowest BCUT2D eigenvalue weighted by molar-refractivity contribution is 0.457. The normalized spacial score (nSPS) is 11.4. The van der Waals surface area contributed by atoms with E-state index in [9.17, 15) is 0 Å². The molecule has 0 aliphatic carbocycles. The van der Waals surface area contributed by atoms with E-state index in [1.54, 1.807) is 0 Å². The summed E-state index contributed by atoms with van der Waals surface area (Å²) in [7, 11) is 0. The average Bonchev–Trinajstić information content (AvgIpc) is 2.32. The largest absolute Gasteiger partial charge is 0.455 e. The molecule has 19 heavy (non-hydrogen) atoms. The predicted molar refractivity (Wildman–Crippen MR) is 80.8 cm³/mol. The summed E-state index contributed by atoms with van der Waals surface area (Å²) in [5, 5.41) is 0. The summed E-state index contributed by atoms with van der Waals surface area (Å²) in [6.07, 6.45) is 0. The summed E-state index contributed by atoms with van der Waals surface area (Å²) in [5.74, 6) is 1.58. The molecular formula is C17H21NO. The van der Waals surface area contributed by atoms with Crippen LogP contribution in [0.3, 0.4) is 0 Å². The van der Waals surface area contributed by atoms with Crippen LogP contribution in [0, 0.1) is 6.92 Å². The standard InChI is InChI=1S/C17H21NO/c1-12-9-10-16(14(18)11-12)19-15-8-6-5-7-13(15)17(2,3)4/h5-11H,18H2,1-4H3. The Morgan fingerprint density at radius 3 is 2.26 bits per heavy atom. The Morgan fingerprint density at radius 2 is 1.63 bits per heavy atom. The number of nitrogens with two attached hydrogens (primary N) is 1. The highest BCUT2D eigenvalue weighted by atomic mass is 16.5. The molecule has 2 aromatic carbocycles. The monoisotopic (exact) mass is 255 g/mol. The fraction of sp³-hybridized carbons (Fsp3) is 0.294. The zero-order chi connectivity index (χ0) is 14.0. The summed E-state index contributed by atoms with van der Waals surface area (Å²) in [4.78, 5) is 0. The minimum absolute atomic E-state index is 0.0378. The summed E-state index contributed by atoms with van der Waals surface area (Å²) >= 11 is 0. The Labute approximate surface area is 115 Å². The molecular weight excluding hydrogens is 234 g/mol. The fourth-order valence-corrected chi connectivity index (χ4v) is 2.05. The molecule has 0 spiro atoms. The van der Waals surface area contributed by atoms with Crippen molar-refractivity contribution in [2.24, 2.45) is 0 Å². The molecule has 0 saturated heterocycles. The molecule has 0 saturated carbocycles. The van der Waals surface area contributed by atoms with E-state index in [1.807, 2.05) is 43.3 Å². The molecule has 0 aliphatic rings. The average molecular weight is 255 g/mol. The molecule has 100 valence electrons. The number of anilines is 1. The first-order valence-corrected chi connectivity index (χ1v) is 6.51. The highest BCUT2D eigenvalue weighted by Crippen LogP contribution is 2.35. The van der Waals surface area contributed by atoms with Crippen LogP contribution in [0.1, 0.15) is 31.9 Å². The van der Waals surface area contributed by atoms with Gasteiger partial charge in [-0.1, -0.05) is 45.0 Å². The van der Waals surface area contributed by atoms with Crippen molar-refractivity contribution in [1.29, 1.82) is 0 Å². The highest BCUT2D eigenvalue weighted by Gasteiger charge is 2.19. The Bertz CT molecular complexity index is 582. The van der Waals surface area contributed by atoms with E-state index in [0.29, 0.717) is 11.4 Å². The predicted octanol–water partition coefficient (Wildman–Crippen LogP) is 4.67. The van der Waals surface area contributed by atoms with Crippen LogP contribution in [0.5, 0.6) is 11.5 Å². The first kappa shape index (κ1) is 13.5. The van der Waals surface area contributed by atoms with E-state index in [1.165, 1.54) is 5.56 Å². The van der Waals surface area contributed by atoms with Gasteiger partial charge in [-0.2, -0.15) is 0 Å². The molecule has 0 bridgehead atoms. The van der Waals surface area contributed by atoms with Gasteiger partial charge in [-0.05, 0) is 36.1 Å². The molecule has 0 unspecified atom stereocenters. The SMILES string of the molecule is Cc1ccc(Oc2ccccc2C(C)(C)C)c(N)c1. The summed E-state index contributed by atoms with van der Waals surface area (Å²) < 4.78 is 6.00. The first-order chi connectivity index (χ1) is 8.88. The van der Waals surface area contributed by atoms with Crippen molar-refractivity contribution in [1.82, 2.24) is 0 Å². The molecule has 0 aromatic heterocycles. The molecule has 2 N–H and O–H groups in total. The van der Waals surface area contributed by atoms with E-state index >= 15 is 0 Å². The molecule has 2 aromatic rings. The van der Waals surface area contributed by atoms with Crippen molar-refractivity contribution in [2.75, 3.05) is 5.73 Å². The van der Waals surface area contributed by atoms with Gasteiger partial charge in [0.25, 0.3) is 0 Å². The third kappa shape index (κ3) is 3.08. The third-order valence-electron chi connectivity index (χ3n) is 3.08. The van der Waals surface area contributed by atoms with E-state index in [4.69, 9.17) is 10.5 Å². The zero-order valence-corrected chi connectivity index (χ0v) is 12.0. The third-order valence-corrected chi connectivity index (χ3v) is 3.08. The zero-order valence-electron chi connectivity index (χ0n) is 12.0. The molecule has 0 atom stereocenters. The van der Waals surface area contributed by atoms with E-state index in [2.05, 4.69) is 26.8 Å². The lowest BCUT2D eigenvalue weighted by atomic mass is 9.86. The number of nitrogen functional groups attached to an aromatic ring is 1. The lowest BCUT2D eigenvalue weighted by Gasteiger charge is -2.22. The van der Waals surface area contributed by atoms with Crippen LogP contribution >= 0.6 is 0 Å². The summed E-state index contributed by atoms with van der Waals surface area (Å²) in [5.41, 5.74) is 9.02. The van der Waals surface area contributed by atoms with E-state index in [-0.39, 0.29) is 5.41 Å². The van der Waals surface area contributed by atoms with Crippen LogP contribution in [0.25, 0.3) is 0 Å². The molecule has 2 nitrogen and oxygen atoms in total.